The van der Waals surface area contributed by atoms with Gasteiger partial charge in [-0.15, -0.1) is 0 Å². The average molecular weight is 558 g/mol. The van der Waals surface area contributed by atoms with Crippen LogP contribution in [-0.2, 0) is 29.0 Å². The van der Waals surface area contributed by atoms with E-state index >= 15 is 0 Å². The SMILES string of the molecule is COc1cc2c(c(OC)c1OC)-c1ccc(NCC(=O)N3CCc4ccccc4C3)c(=O)cc1[C@H](NC(C)=O)CC2. The van der Waals surface area contributed by atoms with Crippen LogP contribution >= 0.6 is 0 Å². The lowest BCUT2D eigenvalue weighted by molar-refractivity contribution is -0.130. The molecule has 214 valence electrons. The Morgan fingerprint density at radius 1 is 0.927 bits per heavy atom. The molecule has 0 unspecified atom stereocenters. The molecule has 2 aliphatic rings. The predicted molar refractivity (Wildman–Crippen MR) is 157 cm³/mol. The molecule has 2 N–H and O–H groups in total. The molecule has 3 aromatic rings. The van der Waals surface area contributed by atoms with Crippen molar-refractivity contribution in [2.24, 2.45) is 0 Å². The molecule has 0 radical (unpaired) electrons. The first kappa shape index (κ1) is 28.0. The van der Waals surface area contributed by atoms with Crippen LogP contribution in [-0.4, -0.2) is 51.1 Å². The van der Waals surface area contributed by atoms with Crippen LogP contribution in [0.4, 0.5) is 5.69 Å². The van der Waals surface area contributed by atoms with Gasteiger partial charge in [0.25, 0.3) is 0 Å². The van der Waals surface area contributed by atoms with Gasteiger partial charge in [0, 0.05) is 25.6 Å². The summed E-state index contributed by atoms with van der Waals surface area (Å²) in [7, 11) is 4.68. The minimum absolute atomic E-state index is 0.00780. The Morgan fingerprint density at radius 2 is 1.68 bits per heavy atom. The van der Waals surface area contributed by atoms with E-state index in [4.69, 9.17) is 14.2 Å². The fraction of sp³-hybridized carbons (Fsp3) is 0.344. The van der Waals surface area contributed by atoms with Crippen LogP contribution < -0.4 is 30.3 Å². The smallest absolute Gasteiger partial charge is 0.242 e. The van der Waals surface area contributed by atoms with Crippen molar-refractivity contribution in [3.05, 3.63) is 81.0 Å². The zero-order valence-corrected chi connectivity index (χ0v) is 23.8. The number of carbonyl (C=O) groups excluding carboxylic acids is 2. The lowest BCUT2D eigenvalue weighted by atomic mass is 9.95. The summed E-state index contributed by atoms with van der Waals surface area (Å²) in [5.41, 5.74) is 5.56. The molecule has 0 saturated carbocycles. The molecule has 1 aliphatic carbocycles. The average Bonchev–Trinajstić information content (AvgIpc) is 3.22. The molecular formula is C32H35N3O6. The number of ether oxygens (including phenoxy) is 3. The van der Waals surface area contributed by atoms with Crippen LogP contribution in [0.3, 0.4) is 0 Å². The molecular weight excluding hydrogens is 522 g/mol. The van der Waals surface area contributed by atoms with Gasteiger partial charge in [0.1, 0.15) is 0 Å². The van der Waals surface area contributed by atoms with E-state index in [1.165, 1.54) is 12.5 Å². The van der Waals surface area contributed by atoms with E-state index in [0.717, 1.165) is 28.7 Å². The Bertz CT molecular complexity index is 1550. The highest BCUT2D eigenvalue weighted by Crippen LogP contribution is 2.50. The molecule has 5 rings (SSSR count). The van der Waals surface area contributed by atoms with Crippen molar-refractivity contribution < 1.29 is 23.8 Å². The maximum atomic E-state index is 13.5. The van der Waals surface area contributed by atoms with Crippen molar-refractivity contribution in [3.8, 4) is 28.4 Å². The lowest BCUT2D eigenvalue weighted by Crippen LogP contribution is -2.39. The predicted octanol–water partition coefficient (Wildman–Crippen LogP) is 3.86. The maximum absolute atomic E-state index is 13.5. The van der Waals surface area contributed by atoms with Gasteiger partial charge in [0.05, 0.1) is 39.6 Å². The number of hydrogen-bond donors (Lipinski definition) is 2. The van der Waals surface area contributed by atoms with E-state index in [9.17, 15) is 14.4 Å². The number of benzene rings is 2. The highest BCUT2D eigenvalue weighted by Gasteiger charge is 2.29. The van der Waals surface area contributed by atoms with Crippen molar-refractivity contribution >= 4 is 17.5 Å². The van der Waals surface area contributed by atoms with Crippen LogP contribution in [0.15, 0.2) is 53.3 Å². The molecule has 41 heavy (non-hydrogen) atoms. The van der Waals surface area contributed by atoms with E-state index in [0.29, 0.717) is 54.4 Å². The van der Waals surface area contributed by atoms with E-state index in [1.807, 2.05) is 35.2 Å². The van der Waals surface area contributed by atoms with Crippen molar-refractivity contribution in [2.75, 3.05) is 39.7 Å². The van der Waals surface area contributed by atoms with Gasteiger partial charge in [-0.25, -0.2) is 0 Å². The molecule has 0 fully saturated rings. The zero-order chi connectivity index (χ0) is 29.1. The molecule has 9 heteroatoms. The zero-order valence-electron chi connectivity index (χ0n) is 23.8. The number of hydrogen-bond acceptors (Lipinski definition) is 7. The summed E-state index contributed by atoms with van der Waals surface area (Å²) in [5, 5.41) is 6.08. The topological polar surface area (TPSA) is 106 Å². The van der Waals surface area contributed by atoms with Crippen LogP contribution in [0.25, 0.3) is 11.1 Å². The standard InChI is InChI=1S/C32H35N3O6/c1-19(36)34-25-11-9-21-15-28(39-2)31(40-3)32(41-4)30(21)23-10-12-26(27(37)16-24(23)25)33-17-29(38)35-14-13-20-7-5-6-8-22(20)18-35/h5-8,10,12,15-16,25H,9,11,13-14,17-18H2,1-4H3,(H,33,37)(H,34,36)/t25-/m1/s1. The number of carbonyl (C=O) groups is 2. The maximum Gasteiger partial charge on any atom is 0.242 e. The molecule has 3 aromatic carbocycles. The minimum atomic E-state index is -0.403. The van der Waals surface area contributed by atoms with Crippen LogP contribution in [0, 0.1) is 0 Å². The van der Waals surface area contributed by atoms with Crippen LogP contribution in [0.2, 0.25) is 0 Å². The van der Waals surface area contributed by atoms with Gasteiger partial charge in [-0.1, -0.05) is 30.3 Å². The van der Waals surface area contributed by atoms with Gasteiger partial charge in [-0.2, -0.15) is 0 Å². The normalized spacial score (nSPS) is 15.4. The fourth-order valence-corrected chi connectivity index (χ4v) is 5.84. The Balaban J connectivity index is 1.52. The Labute approximate surface area is 239 Å². The van der Waals surface area contributed by atoms with Crippen LogP contribution in [0.1, 0.15) is 41.6 Å². The number of nitrogens with one attached hydrogen (secondary N) is 2. The molecule has 0 spiro atoms. The number of fused-ring (bicyclic) bond motifs is 4. The van der Waals surface area contributed by atoms with Crippen molar-refractivity contribution in [1.29, 1.82) is 0 Å². The number of anilines is 1. The highest BCUT2D eigenvalue weighted by molar-refractivity contribution is 5.84. The van der Waals surface area contributed by atoms with Gasteiger partial charge < -0.3 is 29.7 Å². The number of aryl methyl sites for hydroxylation is 1. The van der Waals surface area contributed by atoms with Gasteiger partial charge in [0.15, 0.2) is 11.5 Å². The summed E-state index contributed by atoms with van der Waals surface area (Å²) < 4.78 is 17.1. The number of rotatable bonds is 7. The molecule has 0 aromatic heterocycles. The second-order valence-corrected chi connectivity index (χ2v) is 10.3. The van der Waals surface area contributed by atoms with Gasteiger partial charge in [0.2, 0.25) is 23.0 Å². The largest absolute Gasteiger partial charge is 0.493 e. The first-order valence-electron chi connectivity index (χ1n) is 13.7. The van der Waals surface area contributed by atoms with Crippen LogP contribution in [0.5, 0.6) is 17.2 Å². The van der Waals surface area contributed by atoms with Gasteiger partial charge >= 0.3 is 0 Å². The Hall–Kier alpha value is -4.53. The second kappa shape index (κ2) is 11.9. The number of nitrogens with zero attached hydrogens (tertiary/aromatic N) is 1. The molecule has 2 amide bonds. The third-order valence-electron chi connectivity index (χ3n) is 7.83. The molecule has 0 saturated heterocycles. The molecule has 0 bridgehead atoms. The van der Waals surface area contributed by atoms with Gasteiger partial charge in [-0.05, 0) is 65.3 Å². The van der Waals surface area contributed by atoms with E-state index < -0.39 is 6.04 Å². The van der Waals surface area contributed by atoms with Crippen molar-refractivity contribution in [2.45, 2.75) is 38.8 Å². The quantitative estimate of drug-likeness (QED) is 0.455. The Kier molecular flexibility index (Phi) is 8.14. The van der Waals surface area contributed by atoms with Crippen molar-refractivity contribution in [3.63, 3.8) is 0 Å². The Morgan fingerprint density at radius 3 is 2.39 bits per heavy atom. The first-order chi connectivity index (χ1) is 19.8. The van der Waals surface area contributed by atoms with Gasteiger partial charge in [-0.3, -0.25) is 14.4 Å². The first-order valence-corrected chi connectivity index (χ1v) is 13.7. The number of amides is 2. The minimum Gasteiger partial charge on any atom is -0.493 e. The van der Waals surface area contributed by atoms with Crippen molar-refractivity contribution in [1.82, 2.24) is 10.2 Å². The summed E-state index contributed by atoms with van der Waals surface area (Å²) >= 11 is 0. The summed E-state index contributed by atoms with van der Waals surface area (Å²) in [6.07, 6.45) is 1.99. The molecule has 1 aliphatic heterocycles. The summed E-state index contributed by atoms with van der Waals surface area (Å²) in [6.45, 7) is 2.64. The van der Waals surface area contributed by atoms with E-state index in [1.54, 1.807) is 33.5 Å². The molecule has 1 heterocycles. The monoisotopic (exact) mass is 557 g/mol. The molecule has 9 nitrogen and oxygen atoms in total. The fourth-order valence-electron chi connectivity index (χ4n) is 5.84. The second-order valence-electron chi connectivity index (χ2n) is 10.3. The third kappa shape index (κ3) is 5.57. The number of methoxy groups -OCH3 is 3. The summed E-state index contributed by atoms with van der Waals surface area (Å²) in [6, 6.07) is 14.7. The summed E-state index contributed by atoms with van der Waals surface area (Å²) in [5.74, 6) is 1.19. The van der Waals surface area contributed by atoms with E-state index in [-0.39, 0.29) is 23.8 Å². The molecule has 1 atom stereocenters. The summed E-state index contributed by atoms with van der Waals surface area (Å²) in [4.78, 5) is 40.6. The lowest BCUT2D eigenvalue weighted by Gasteiger charge is -2.29. The third-order valence-corrected chi connectivity index (χ3v) is 7.83. The highest BCUT2D eigenvalue weighted by atomic mass is 16.5. The van der Waals surface area contributed by atoms with E-state index in [2.05, 4.69) is 16.7 Å².